The molecule has 1 heterocycles. The number of benzene rings is 1. The lowest BCUT2D eigenvalue weighted by Crippen LogP contribution is -2.16. The molecule has 0 aliphatic rings. The number of anilines is 2. The highest BCUT2D eigenvalue weighted by molar-refractivity contribution is 14.1. The number of nitrogen functional groups attached to an aromatic ring is 1. The monoisotopic (exact) mass is 360 g/mol. The van der Waals surface area contributed by atoms with E-state index in [1.807, 2.05) is 22.6 Å². The summed E-state index contributed by atoms with van der Waals surface area (Å²) >= 11 is 1.91. The van der Waals surface area contributed by atoms with Crippen LogP contribution in [-0.2, 0) is 7.05 Å². The van der Waals surface area contributed by atoms with Gasteiger partial charge in [-0.25, -0.2) is 4.39 Å². The molecule has 0 bridgehead atoms. The lowest BCUT2D eigenvalue weighted by atomic mass is 10.2. The Balaban J connectivity index is 2.28. The van der Waals surface area contributed by atoms with Gasteiger partial charge in [0.15, 0.2) is 5.82 Å². The van der Waals surface area contributed by atoms with Crippen LogP contribution in [-0.4, -0.2) is 15.7 Å². The maximum atomic E-state index is 12.9. The van der Waals surface area contributed by atoms with Crippen molar-refractivity contribution in [1.29, 1.82) is 0 Å². The quantitative estimate of drug-likeness (QED) is 0.805. The molecule has 0 unspecified atom stereocenters. The van der Waals surface area contributed by atoms with Crippen LogP contribution in [0.25, 0.3) is 0 Å². The number of hydrogen-bond acceptors (Lipinski definition) is 3. The number of halogens is 2. The zero-order valence-corrected chi connectivity index (χ0v) is 11.6. The zero-order chi connectivity index (χ0) is 13.3. The molecule has 0 saturated heterocycles. The topological polar surface area (TPSA) is 72.9 Å². The minimum Gasteiger partial charge on any atom is -0.394 e. The van der Waals surface area contributed by atoms with E-state index in [1.165, 1.54) is 29.1 Å². The standard InChI is InChI=1S/C11H10FIN4O/c1-17-10(9(14)5-15-17)16-11(18)7-3-2-6(12)4-8(7)13/h2-5H,14H2,1H3,(H,16,18). The van der Waals surface area contributed by atoms with Gasteiger partial charge in [0.1, 0.15) is 5.82 Å². The molecular formula is C11H10FIN4O. The first-order chi connectivity index (χ1) is 8.49. The SMILES string of the molecule is Cn1ncc(N)c1NC(=O)c1ccc(F)cc1I. The Bertz CT molecular complexity index is 592. The van der Waals surface area contributed by atoms with Crippen molar-refractivity contribution in [3.8, 4) is 0 Å². The van der Waals surface area contributed by atoms with E-state index in [0.29, 0.717) is 20.6 Å². The predicted molar refractivity (Wildman–Crippen MR) is 74.7 cm³/mol. The fourth-order valence-electron chi connectivity index (χ4n) is 1.46. The van der Waals surface area contributed by atoms with Gasteiger partial charge in [-0.15, -0.1) is 0 Å². The lowest BCUT2D eigenvalue weighted by Gasteiger charge is -2.08. The predicted octanol–water partition coefficient (Wildman–Crippen LogP) is 2.00. The van der Waals surface area contributed by atoms with Crippen molar-refractivity contribution in [1.82, 2.24) is 9.78 Å². The number of aryl methyl sites for hydroxylation is 1. The Kier molecular flexibility index (Phi) is 3.50. The summed E-state index contributed by atoms with van der Waals surface area (Å²) in [6.45, 7) is 0. The summed E-state index contributed by atoms with van der Waals surface area (Å²) in [6.07, 6.45) is 1.45. The van der Waals surface area contributed by atoms with Gasteiger partial charge < -0.3 is 11.1 Å². The molecule has 0 saturated carbocycles. The Morgan fingerprint density at radius 1 is 1.56 bits per heavy atom. The Morgan fingerprint density at radius 3 is 2.83 bits per heavy atom. The minimum atomic E-state index is -0.379. The van der Waals surface area contributed by atoms with E-state index in [1.54, 1.807) is 7.05 Å². The van der Waals surface area contributed by atoms with E-state index >= 15 is 0 Å². The number of carbonyl (C=O) groups is 1. The van der Waals surface area contributed by atoms with E-state index in [2.05, 4.69) is 10.4 Å². The van der Waals surface area contributed by atoms with Gasteiger partial charge in [0.25, 0.3) is 5.91 Å². The van der Waals surface area contributed by atoms with E-state index in [4.69, 9.17) is 5.73 Å². The minimum absolute atomic E-state index is 0.352. The van der Waals surface area contributed by atoms with E-state index in [9.17, 15) is 9.18 Å². The normalized spacial score (nSPS) is 10.4. The Labute approximate surface area is 116 Å². The number of nitrogens with zero attached hydrogens (tertiary/aromatic N) is 2. The van der Waals surface area contributed by atoms with Gasteiger partial charge in [0.2, 0.25) is 0 Å². The summed E-state index contributed by atoms with van der Waals surface area (Å²) in [4.78, 5) is 12.0. The van der Waals surface area contributed by atoms with Gasteiger partial charge in [-0.1, -0.05) is 0 Å². The number of nitrogens with two attached hydrogens (primary N) is 1. The number of nitrogens with one attached hydrogen (secondary N) is 1. The molecule has 0 radical (unpaired) electrons. The molecule has 7 heteroatoms. The second-order valence-corrected chi connectivity index (χ2v) is 4.81. The summed E-state index contributed by atoms with van der Waals surface area (Å²) in [6, 6.07) is 3.96. The number of amides is 1. The van der Waals surface area contributed by atoms with Gasteiger partial charge in [0, 0.05) is 10.6 Å². The number of hydrogen-bond donors (Lipinski definition) is 2. The van der Waals surface area contributed by atoms with E-state index in [0.717, 1.165) is 0 Å². The van der Waals surface area contributed by atoms with E-state index < -0.39 is 0 Å². The van der Waals surface area contributed by atoms with Crippen molar-refractivity contribution in [2.75, 3.05) is 11.1 Å². The summed E-state index contributed by atoms with van der Waals surface area (Å²) in [7, 11) is 1.67. The molecule has 0 spiro atoms. The highest BCUT2D eigenvalue weighted by atomic mass is 127. The second kappa shape index (κ2) is 4.92. The van der Waals surface area contributed by atoms with Crippen LogP contribution in [0.3, 0.4) is 0 Å². The third kappa shape index (κ3) is 2.45. The zero-order valence-electron chi connectivity index (χ0n) is 9.45. The molecule has 0 fully saturated rings. The van der Waals surface area contributed by atoms with Crippen molar-refractivity contribution in [2.24, 2.45) is 7.05 Å². The number of rotatable bonds is 2. The number of carbonyl (C=O) groups excluding carboxylic acids is 1. The molecule has 1 aromatic heterocycles. The maximum absolute atomic E-state index is 12.9. The molecule has 2 rings (SSSR count). The van der Waals surface area contributed by atoms with Gasteiger partial charge in [-0.3, -0.25) is 9.48 Å². The fourth-order valence-corrected chi connectivity index (χ4v) is 2.18. The molecule has 1 aromatic carbocycles. The van der Waals surface area contributed by atoms with Crippen LogP contribution < -0.4 is 11.1 Å². The molecule has 0 aliphatic carbocycles. The highest BCUT2D eigenvalue weighted by Crippen LogP contribution is 2.19. The van der Waals surface area contributed by atoms with Crippen LogP contribution in [0.2, 0.25) is 0 Å². The molecule has 18 heavy (non-hydrogen) atoms. The fraction of sp³-hybridized carbons (Fsp3) is 0.0909. The maximum Gasteiger partial charge on any atom is 0.257 e. The smallest absolute Gasteiger partial charge is 0.257 e. The summed E-state index contributed by atoms with van der Waals surface area (Å²) < 4.78 is 14.9. The van der Waals surface area contributed by atoms with E-state index in [-0.39, 0.29) is 11.7 Å². The van der Waals surface area contributed by atoms with Crippen molar-refractivity contribution in [3.05, 3.63) is 39.3 Å². The first kappa shape index (κ1) is 12.8. The van der Waals surface area contributed by atoms with Crippen molar-refractivity contribution >= 4 is 40.0 Å². The molecule has 94 valence electrons. The average Bonchev–Trinajstić information content (AvgIpc) is 2.60. The van der Waals surface area contributed by atoms with Crippen LogP contribution in [0.1, 0.15) is 10.4 Å². The lowest BCUT2D eigenvalue weighted by molar-refractivity contribution is 0.102. The van der Waals surface area contributed by atoms with Crippen molar-refractivity contribution < 1.29 is 9.18 Å². The molecule has 0 atom stereocenters. The Hall–Kier alpha value is -1.64. The van der Waals surface area contributed by atoms with Crippen molar-refractivity contribution in [3.63, 3.8) is 0 Å². The summed E-state index contributed by atoms with van der Waals surface area (Å²) in [5.41, 5.74) is 6.43. The third-order valence-electron chi connectivity index (χ3n) is 2.37. The first-order valence-corrected chi connectivity index (χ1v) is 6.11. The molecule has 2 aromatic rings. The van der Waals surface area contributed by atoms with Crippen LogP contribution in [0, 0.1) is 9.39 Å². The van der Waals surface area contributed by atoms with Gasteiger partial charge >= 0.3 is 0 Å². The first-order valence-electron chi connectivity index (χ1n) is 5.03. The summed E-state index contributed by atoms with van der Waals surface area (Å²) in [5.74, 6) is -0.314. The van der Waals surface area contributed by atoms with Gasteiger partial charge in [-0.2, -0.15) is 5.10 Å². The Morgan fingerprint density at radius 2 is 2.28 bits per heavy atom. The van der Waals surface area contributed by atoms with Gasteiger partial charge in [-0.05, 0) is 40.8 Å². The number of aromatic nitrogens is 2. The molecular weight excluding hydrogens is 350 g/mol. The molecule has 0 aliphatic heterocycles. The largest absolute Gasteiger partial charge is 0.394 e. The van der Waals surface area contributed by atoms with Crippen LogP contribution in [0.15, 0.2) is 24.4 Å². The van der Waals surface area contributed by atoms with Crippen LogP contribution in [0.5, 0.6) is 0 Å². The molecule has 1 amide bonds. The van der Waals surface area contributed by atoms with Crippen LogP contribution >= 0.6 is 22.6 Å². The van der Waals surface area contributed by atoms with Crippen LogP contribution in [0.4, 0.5) is 15.9 Å². The summed E-state index contributed by atoms with van der Waals surface area (Å²) in [5, 5.41) is 6.56. The average molecular weight is 360 g/mol. The van der Waals surface area contributed by atoms with Crippen molar-refractivity contribution in [2.45, 2.75) is 0 Å². The highest BCUT2D eigenvalue weighted by Gasteiger charge is 2.14. The van der Waals surface area contributed by atoms with Gasteiger partial charge in [0.05, 0.1) is 17.4 Å². The molecule has 5 nitrogen and oxygen atoms in total. The third-order valence-corrected chi connectivity index (χ3v) is 3.27. The molecule has 3 N–H and O–H groups in total. The second-order valence-electron chi connectivity index (χ2n) is 3.65.